The molecule has 2 N–H and O–H groups in total. The zero-order valence-electron chi connectivity index (χ0n) is 9.22. The molecule has 0 saturated heterocycles. The number of hydrogen-bond donors (Lipinski definition) is 2. The SMILES string of the molecule is c1ccc2c(CNc3cn[nH]c3)cncc2c1. The van der Waals surface area contributed by atoms with E-state index in [-0.39, 0.29) is 0 Å². The molecular formula is C13H12N4. The second kappa shape index (κ2) is 4.25. The largest absolute Gasteiger partial charge is 0.378 e. The van der Waals surface area contributed by atoms with Gasteiger partial charge in [0.15, 0.2) is 0 Å². The number of nitrogens with zero attached hydrogens (tertiary/aromatic N) is 2. The lowest BCUT2D eigenvalue weighted by atomic mass is 10.1. The van der Waals surface area contributed by atoms with Crippen molar-refractivity contribution in [1.29, 1.82) is 0 Å². The lowest BCUT2D eigenvalue weighted by Gasteiger charge is -2.06. The van der Waals surface area contributed by atoms with Crippen molar-refractivity contribution in [3.8, 4) is 0 Å². The van der Waals surface area contributed by atoms with Crippen LogP contribution < -0.4 is 5.32 Å². The van der Waals surface area contributed by atoms with E-state index in [0.29, 0.717) is 0 Å². The number of pyridine rings is 1. The minimum Gasteiger partial charge on any atom is -0.378 e. The normalized spacial score (nSPS) is 10.6. The summed E-state index contributed by atoms with van der Waals surface area (Å²) >= 11 is 0. The summed E-state index contributed by atoms with van der Waals surface area (Å²) in [6.07, 6.45) is 7.38. The molecule has 2 heterocycles. The molecule has 0 spiro atoms. The van der Waals surface area contributed by atoms with Gasteiger partial charge in [0.25, 0.3) is 0 Å². The summed E-state index contributed by atoms with van der Waals surface area (Å²) in [6, 6.07) is 8.26. The van der Waals surface area contributed by atoms with Gasteiger partial charge in [-0.3, -0.25) is 10.1 Å². The van der Waals surface area contributed by atoms with Crippen molar-refractivity contribution in [2.24, 2.45) is 0 Å². The number of benzene rings is 1. The van der Waals surface area contributed by atoms with Gasteiger partial charge in [-0.25, -0.2) is 0 Å². The van der Waals surface area contributed by atoms with Gasteiger partial charge >= 0.3 is 0 Å². The van der Waals surface area contributed by atoms with E-state index >= 15 is 0 Å². The van der Waals surface area contributed by atoms with Gasteiger partial charge in [-0.15, -0.1) is 0 Å². The number of aromatic nitrogens is 3. The van der Waals surface area contributed by atoms with E-state index in [1.807, 2.05) is 30.7 Å². The van der Waals surface area contributed by atoms with Crippen LogP contribution in [0.15, 0.2) is 49.1 Å². The van der Waals surface area contributed by atoms with Gasteiger partial charge in [-0.05, 0) is 10.9 Å². The van der Waals surface area contributed by atoms with Gasteiger partial charge in [-0.2, -0.15) is 5.10 Å². The Labute approximate surface area is 98.7 Å². The fraction of sp³-hybridized carbons (Fsp3) is 0.0769. The number of hydrogen-bond acceptors (Lipinski definition) is 3. The first-order valence-electron chi connectivity index (χ1n) is 5.48. The maximum absolute atomic E-state index is 4.25. The van der Waals surface area contributed by atoms with Gasteiger partial charge in [0.2, 0.25) is 0 Å². The molecule has 0 radical (unpaired) electrons. The summed E-state index contributed by atoms with van der Waals surface area (Å²) in [7, 11) is 0. The van der Waals surface area contributed by atoms with E-state index in [2.05, 4.69) is 32.6 Å². The van der Waals surface area contributed by atoms with Crippen LogP contribution in [0.3, 0.4) is 0 Å². The Bertz CT molecular complexity index is 611. The van der Waals surface area contributed by atoms with Crippen molar-refractivity contribution in [3.05, 3.63) is 54.6 Å². The van der Waals surface area contributed by atoms with E-state index in [1.165, 1.54) is 16.3 Å². The molecule has 1 aromatic carbocycles. The average molecular weight is 224 g/mol. The maximum atomic E-state index is 4.25. The minimum absolute atomic E-state index is 0.744. The van der Waals surface area contributed by atoms with E-state index in [0.717, 1.165) is 12.2 Å². The standard InChI is InChI=1S/C13H12N4/c1-2-4-13-10(3-1)5-14-6-11(13)7-15-12-8-16-17-9-12/h1-6,8-9,15H,7H2,(H,16,17). The summed E-state index contributed by atoms with van der Waals surface area (Å²) in [5, 5.41) is 12.4. The zero-order valence-corrected chi connectivity index (χ0v) is 9.22. The highest BCUT2D eigenvalue weighted by molar-refractivity contribution is 5.84. The van der Waals surface area contributed by atoms with Crippen LogP contribution in [0.25, 0.3) is 10.8 Å². The van der Waals surface area contributed by atoms with Crippen LogP contribution in [0.4, 0.5) is 5.69 Å². The van der Waals surface area contributed by atoms with Crippen molar-refractivity contribution >= 4 is 16.5 Å². The molecule has 0 unspecified atom stereocenters. The fourth-order valence-corrected chi connectivity index (χ4v) is 1.86. The Morgan fingerprint density at radius 1 is 1.12 bits per heavy atom. The molecule has 84 valence electrons. The third-order valence-electron chi connectivity index (χ3n) is 2.73. The predicted molar refractivity (Wildman–Crippen MR) is 67.7 cm³/mol. The Kier molecular flexibility index (Phi) is 2.46. The molecule has 0 aliphatic carbocycles. The van der Waals surface area contributed by atoms with E-state index in [9.17, 15) is 0 Å². The third-order valence-corrected chi connectivity index (χ3v) is 2.73. The van der Waals surface area contributed by atoms with Crippen LogP contribution in [0.2, 0.25) is 0 Å². The average Bonchev–Trinajstić information content (AvgIpc) is 2.89. The van der Waals surface area contributed by atoms with E-state index in [4.69, 9.17) is 0 Å². The van der Waals surface area contributed by atoms with E-state index < -0.39 is 0 Å². The monoisotopic (exact) mass is 224 g/mol. The van der Waals surface area contributed by atoms with Crippen molar-refractivity contribution in [1.82, 2.24) is 15.2 Å². The number of H-pyrrole nitrogens is 1. The van der Waals surface area contributed by atoms with Gasteiger partial charge in [0.1, 0.15) is 0 Å². The molecule has 3 aromatic rings. The Balaban J connectivity index is 1.90. The first kappa shape index (κ1) is 9.84. The lowest BCUT2D eigenvalue weighted by Crippen LogP contribution is -1.99. The van der Waals surface area contributed by atoms with Crippen LogP contribution in [-0.2, 0) is 6.54 Å². The molecule has 4 heteroatoms. The van der Waals surface area contributed by atoms with Gasteiger partial charge < -0.3 is 5.32 Å². The molecule has 0 bridgehead atoms. The number of aromatic amines is 1. The Morgan fingerprint density at radius 2 is 2.06 bits per heavy atom. The highest BCUT2D eigenvalue weighted by Gasteiger charge is 2.01. The molecule has 17 heavy (non-hydrogen) atoms. The van der Waals surface area contributed by atoms with Crippen LogP contribution in [0.1, 0.15) is 5.56 Å². The molecule has 3 rings (SSSR count). The highest BCUT2D eigenvalue weighted by Crippen LogP contribution is 2.17. The van der Waals surface area contributed by atoms with Crippen LogP contribution in [-0.4, -0.2) is 15.2 Å². The van der Waals surface area contributed by atoms with Crippen LogP contribution >= 0.6 is 0 Å². The van der Waals surface area contributed by atoms with Crippen molar-refractivity contribution in [3.63, 3.8) is 0 Å². The quantitative estimate of drug-likeness (QED) is 0.719. The number of anilines is 1. The molecule has 0 aliphatic heterocycles. The maximum Gasteiger partial charge on any atom is 0.0726 e. The fourth-order valence-electron chi connectivity index (χ4n) is 1.86. The van der Waals surface area contributed by atoms with Gasteiger partial charge in [0.05, 0.1) is 11.9 Å². The molecule has 0 atom stereocenters. The highest BCUT2D eigenvalue weighted by atomic mass is 15.1. The van der Waals surface area contributed by atoms with Gasteiger partial charge in [-0.1, -0.05) is 24.3 Å². The smallest absolute Gasteiger partial charge is 0.0726 e. The van der Waals surface area contributed by atoms with Crippen molar-refractivity contribution in [2.75, 3.05) is 5.32 Å². The molecule has 4 nitrogen and oxygen atoms in total. The number of rotatable bonds is 3. The predicted octanol–water partition coefficient (Wildman–Crippen LogP) is 2.57. The Morgan fingerprint density at radius 3 is 2.94 bits per heavy atom. The minimum atomic E-state index is 0.744. The summed E-state index contributed by atoms with van der Waals surface area (Å²) in [6.45, 7) is 0.744. The van der Waals surface area contributed by atoms with Crippen molar-refractivity contribution in [2.45, 2.75) is 6.54 Å². The van der Waals surface area contributed by atoms with Crippen LogP contribution in [0.5, 0.6) is 0 Å². The first-order chi connectivity index (χ1) is 8.43. The first-order valence-corrected chi connectivity index (χ1v) is 5.48. The second-order valence-corrected chi connectivity index (χ2v) is 3.86. The topological polar surface area (TPSA) is 53.6 Å². The third kappa shape index (κ3) is 1.97. The molecular weight excluding hydrogens is 212 g/mol. The summed E-state index contributed by atoms with van der Waals surface area (Å²) in [4.78, 5) is 4.25. The lowest BCUT2D eigenvalue weighted by molar-refractivity contribution is 1.09. The van der Waals surface area contributed by atoms with E-state index in [1.54, 1.807) is 6.20 Å². The molecule has 0 saturated carbocycles. The second-order valence-electron chi connectivity index (χ2n) is 3.86. The summed E-state index contributed by atoms with van der Waals surface area (Å²) in [5.41, 5.74) is 2.17. The molecule has 2 aromatic heterocycles. The molecule has 0 aliphatic rings. The summed E-state index contributed by atoms with van der Waals surface area (Å²) in [5.74, 6) is 0. The van der Waals surface area contributed by atoms with Gasteiger partial charge in [0, 0.05) is 30.5 Å². The summed E-state index contributed by atoms with van der Waals surface area (Å²) < 4.78 is 0. The molecule has 0 fully saturated rings. The Hall–Kier alpha value is -2.36. The van der Waals surface area contributed by atoms with Crippen molar-refractivity contribution < 1.29 is 0 Å². The molecule has 0 amide bonds. The number of nitrogens with one attached hydrogen (secondary N) is 2. The zero-order chi connectivity index (χ0) is 11.5. The van der Waals surface area contributed by atoms with Crippen LogP contribution in [0, 0.1) is 0 Å². The number of fused-ring (bicyclic) bond motifs is 1.